The second-order valence-corrected chi connectivity index (χ2v) is 8.18. The molecule has 15 heteroatoms. The van der Waals surface area contributed by atoms with Crippen LogP contribution in [0.5, 0.6) is 0 Å². The Morgan fingerprint density at radius 3 is 2.11 bits per heavy atom. The molecule has 0 radical (unpaired) electrons. The van der Waals surface area contributed by atoms with Gasteiger partial charge in [0.1, 0.15) is 18.1 Å². The van der Waals surface area contributed by atoms with Crippen molar-refractivity contribution < 1.29 is 39.0 Å². The minimum Gasteiger partial charge on any atom is -0.481 e. The lowest BCUT2D eigenvalue weighted by Crippen LogP contribution is -2.59. The van der Waals surface area contributed by atoms with Crippen molar-refractivity contribution in [2.24, 2.45) is 17.4 Å². The quantitative estimate of drug-likeness (QED) is 0.123. The predicted molar refractivity (Wildman–Crippen MR) is 119 cm³/mol. The fourth-order valence-electron chi connectivity index (χ4n) is 2.98. The third kappa shape index (κ3) is 10.2. The Hall–Kier alpha value is -4.01. The lowest BCUT2D eigenvalue weighted by atomic mass is 10.0. The Bertz CT molecular complexity index is 919. The number of aromatic amines is 1. The van der Waals surface area contributed by atoms with Gasteiger partial charge < -0.3 is 42.6 Å². The molecule has 1 aromatic rings. The van der Waals surface area contributed by atoms with Crippen molar-refractivity contribution in [3.05, 3.63) is 18.2 Å². The van der Waals surface area contributed by atoms with Gasteiger partial charge in [-0.3, -0.25) is 24.0 Å². The zero-order chi connectivity index (χ0) is 26.7. The SMILES string of the molecule is CC(C)C(NC(=O)C(N)Cc1cnc[nH]1)C(=O)NC(CC(=O)O)C(=O)NC(CCC(N)=O)C(=O)O. The molecule has 1 rings (SSSR count). The molecule has 4 atom stereocenters. The van der Waals surface area contributed by atoms with Gasteiger partial charge in [-0.15, -0.1) is 0 Å². The van der Waals surface area contributed by atoms with Crippen molar-refractivity contribution >= 4 is 35.6 Å². The number of nitrogens with two attached hydrogens (primary N) is 2. The fourth-order valence-corrected chi connectivity index (χ4v) is 2.98. The van der Waals surface area contributed by atoms with Crippen LogP contribution in [0.25, 0.3) is 0 Å². The smallest absolute Gasteiger partial charge is 0.326 e. The standard InChI is InChI=1S/C20H31N7O8/c1-9(2)16(27-17(31)11(21)5-10-7-23-8-24-10)19(33)26-13(6-15(29)30)18(32)25-12(20(34)35)3-4-14(22)28/h7-9,11-13,16H,3-6,21H2,1-2H3,(H2,22,28)(H,23,24)(H,25,32)(H,26,33)(H,27,31)(H,29,30)(H,34,35). The van der Waals surface area contributed by atoms with Crippen LogP contribution in [0, 0.1) is 5.92 Å². The zero-order valence-corrected chi connectivity index (χ0v) is 19.3. The maximum atomic E-state index is 12.9. The molecule has 0 aromatic carbocycles. The summed E-state index contributed by atoms with van der Waals surface area (Å²) in [5, 5.41) is 25.2. The highest BCUT2D eigenvalue weighted by Crippen LogP contribution is 2.06. The van der Waals surface area contributed by atoms with Gasteiger partial charge in [-0.25, -0.2) is 9.78 Å². The summed E-state index contributed by atoms with van der Waals surface area (Å²) < 4.78 is 0. The van der Waals surface area contributed by atoms with Crippen LogP contribution < -0.4 is 27.4 Å². The van der Waals surface area contributed by atoms with E-state index in [-0.39, 0.29) is 19.3 Å². The summed E-state index contributed by atoms with van der Waals surface area (Å²) in [5.74, 6) is -6.81. The van der Waals surface area contributed by atoms with Gasteiger partial charge in [0.05, 0.1) is 18.8 Å². The molecule has 10 N–H and O–H groups in total. The number of carboxylic acid groups (broad SMARTS) is 2. The number of nitrogens with one attached hydrogen (secondary N) is 4. The number of primary amides is 1. The topological polar surface area (TPSA) is 260 Å². The lowest BCUT2D eigenvalue weighted by Gasteiger charge is -2.26. The summed E-state index contributed by atoms with van der Waals surface area (Å²) in [4.78, 5) is 78.1. The molecule has 0 aliphatic rings. The molecule has 0 fully saturated rings. The number of H-pyrrole nitrogens is 1. The number of carbonyl (C=O) groups excluding carboxylic acids is 4. The maximum absolute atomic E-state index is 12.9. The number of carboxylic acids is 2. The van der Waals surface area contributed by atoms with E-state index in [4.69, 9.17) is 16.6 Å². The average molecular weight is 498 g/mol. The van der Waals surface area contributed by atoms with Gasteiger partial charge in [0.15, 0.2) is 0 Å². The number of nitrogens with zero attached hydrogens (tertiary/aromatic N) is 1. The van der Waals surface area contributed by atoms with E-state index in [1.165, 1.54) is 12.5 Å². The van der Waals surface area contributed by atoms with Crippen molar-refractivity contribution in [3.8, 4) is 0 Å². The van der Waals surface area contributed by atoms with Crippen molar-refractivity contribution in [2.75, 3.05) is 0 Å². The second-order valence-electron chi connectivity index (χ2n) is 8.18. The monoisotopic (exact) mass is 497 g/mol. The zero-order valence-electron chi connectivity index (χ0n) is 19.3. The van der Waals surface area contributed by atoms with Crippen molar-refractivity contribution in [1.82, 2.24) is 25.9 Å². The number of aromatic nitrogens is 2. The van der Waals surface area contributed by atoms with Gasteiger partial charge >= 0.3 is 11.9 Å². The average Bonchev–Trinajstić information content (AvgIpc) is 3.25. The summed E-state index contributed by atoms with van der Waals surface area (Å²) in [6.45, 7) is 3.23. The maximum Gasteiger partial charge on any atom is 0.326 e. The number of aliphatic carboxylic acids is 2. The Morgan fingerprint density at radius 2 is 1.63 bits per heavy atom. The number of imidazole rings is 1. The first kappa shape index (κ1) is 29.0. The van der Waals surface area contributed by atoms with E-state index in [2.05, 4.69) is 25.9 Å². The van der Waals surface area contributed by atoms with Crippen LogP contribution in [0.3, 0.4) is 0 Å². The van der Waals surface area contributed by atoms with E-state index < -0.39 is 72.1 Å². The van der Waals surface area contributed by atoms with Crippen LogP contribution in [0.1, 0.15) is 38.8 Å². The Morgan fingerprint density at radius 1 is 1.00 bits per heavy atom. The van der Waals surface area contributed by atoms with E-state index >= 15 is 0 Å². The first-order chi connectivity index (χ1) is 16.3. The number of hydrogen-bond donors (Lipinski definition) is 8. The highest BCUT2D eigenvalue weighted by atomic mass is 16.4. The summed E-state index contributed by atoms with van der Waals surface area (Å²) >= 11 is 0. The number of amides is 4. The summed E-state index contributed by atoms with van der Waals surface area (Å²) in [7, 11) is 0. The second kappa shape index (κ2) is 13.6. The summed E-state index contributed by atoms with van der Waals surface area (Å²) in [6.07, 6.45) is 1.49. The normalized spacial score (nSPS) is 14.3. The van der Waals surface area contributed by atoms with Gasteiger partial charge in [0.25, 0.3) is 0 Å². The molecular weight excluding hydrogens is 466 g/mol. The van der Waals surface area contributed by atoms with Crippen molar-refractivity contribution in [3.63, 3.8) is 0 Å². The van der Waals surface area contributed by atoms with E-state index in [9.17, 15) is 33.9 Å². The molecule has 4 unspecified atom stereocenters. The number of rotatable bonds is 15. The van der Waals surface area contributed by atoms with Crippen molar-refractivity contribution in [1.29, 1.82) is 0 Å². The highest BCUT2D eigenvalue weighted by Gasteiger charge is 2.33. The molecule has 194 valence electrons. The molecule has 1 aromatic heterocycles. The first-order valence-electron chi connectivity index (χ1n) is 10.7. The van der Waals surface area contributed by atoms with Gasteiger partial charge in [0.2, 0.25) is 23.6 Å². The number of carbonyl (C=O) groups is 6. The molecular formula is C20H31N7O8. The molecule has 1 heterocycles. The summed E-state index contributed by atoms with van der Waals surface area (Å²) in [6, 6.07) is -5.40. The Kier molecular flexibility index (Phi) is 11.3. The Labute approximate surface area is 200 Å². The number of hydrogen-bond acceptors (Lipinski definition) is 8. The molecule has 35 heavy (non-hydrogen) atoms. The molecule has 0 aliphatic carbocycles. The van der Waals surface area contributed by atoms with Gasteiger partial charge in [-0.05, 0) is 12.3 Å². The fraction of sp³-hybridized carbons (Fsp3) is 0.550. The molecule has 0 aliphatic heterocycles. The van der Waals surface area contributed by atoms with E-state index in [1.54, 1.807) is 13.8 Å². The predicted octanol–water partition coefficient (Wildman–Crippen LogP) is -2.79. The third-order valence-electron chi connectivity index (χ3n) is 4.88. The van der Waals surface area contributed by atoms with E-state index in [1.807, 2.05) is 0 Å². The van der Waals surface area contributed by atoms with Crippen molar-refractivity contribution in [2.45, 2.75) is 63.7 Å². The van der Waals surface area contributed by atoms with Crippen LogP contribution in [-0.4, -0.2) is 79.9 Å². The lowest BCUT2D eigenvalue weighted by molar-refractivity contribution is -0.144. The highest BCUT2D eigenvalue weighted by molar-refractivity contribution is 5.95. The van der Waals surface area contributed by atoms with Crippen LogP contribution in [0.4, 0.5) is 0 Å². The van der Waals surface area contributed by atoms with Crippen LogP contribution in [0.15, 0.2) is 12.5 Å². The molecule has 15 nitrogen and oxygen atoms in total. The van der Waals surface area contributed by atoms with Gasteiger partial charge in [-0.2, -0.15) is 0 Å². The Balaban J connectivity index is 2.91. The molecule has 0 saturated heterocycles. The van der Waals surface area contributed by atoms with Crippen LogP contribution in [0.2, 0.25) is 0 Å². The first-order valence-corrected chi connectivity index (χ1v) is 10.7. The van der Waals surface area contributed by atoms with Gasteiger partial charge in [-0.1, -0.05) is 13.8 Å². The third-order valence-corrected chi connectivity index (χ3v) is 4.88. The molecule has 0 spiro atoms. The largest absolute Gasteiger partial charge is 0.481 e. The summed E-state index contributed by atoms with van der Waals surface area (Å²) in [5.41, 5.74) is 11.5. The minimum absolute atomic E-state index is 0.115. The van der Waals surface area contributed by atoms with Crippen LogP contribution >= 0.6 is 0 Å². The molecule has 4 amide bonds. The van der Waals surface area contributed by atoms with E-state index in [0.717, 1.165) is 0 Å². The molecule has 0 saturated carbocycles. The molecule has 0 bridgehead atoms. The minimum atomic E-state index is -1.66. The van der Waals surface area contributed by atoms with Crippen LogP contribution in [-0.2, 0) is 35.2 Å². The van der Waals surface area contributed by atoms with Gasteiger partial charge in [0, 0.05) is 24.7 Å². The van der Waals surface area contributed by atoms with E-state index in [0.29, 0.717) is 5.69 Å².